The van der Waals surface area contributed by atoms with Gasteiger partial charge in [-0.2, -0.15) is 0 Å². The summed E-state index contributed by atoms with van der Waals surface area (Å²) in [6, 6.07) is 40.6. The van der Waals surface area contributed by atoms with Crippen molar-refractivity contribution in [2.45, 2.75) is 63.8 Å². The van der Waals surface area contributed by atoms with Crippen LogP contribution in [0.5, 0.6) is 0 Å². The number of rotatable bonds is 8. The molecule has 8 heteroatoms. The number of nitrogens with zero attached hydrogens (tertiary/aromatic N) is 1. The number of halogens is 1. The van der Waals surface area contributed by atoms with Gasteiger partial charge in [0.1, 0.15) is 0 Å². The molecule has 1 fully saturated rings. The lowest BCUT2D eigenvalue weighted by Gasteiger charge is -2.47. The summed E-state index contributed by atoms with van der Waals surface area (Å²) in [7, 11) is -6.44. The summed E-state index contributed by atoms with van der Waals surface area (Å²) in [6.45, 7) is 12.9. The van der Waals surface area contributed by atoms with E-state index in [0.717, 1.165) is 24.7 Å². The Morgan fingerprint density at radius 1 is 0.500 bits per heavy atom. The molecule has 0 radical (unpaired) electrons. The first kappa shape index (κ1) is 32.3. The maximum atomic E-state index is 14.1. The van der Waals surface area contributed by atoms with Crippen molar-refractivity contribution in [3.8, 4) is 0 Å². The fourth-order valence-corrected chi connectivity index (χ4v) is 16.2. The highest BCUT2D eigenvalue weighted by atomic mass is 79.9. The molecule has 0 unspecified atom stereocenters. The Bertz CT molecular complexity index is 1390. The Morgan fingerprint density at radius 3 is 0.932 bits per heavy atom. The summed E-state index contributed by atoms with van der Waals surface area (Å²) >= 11 is 3.30. The third-order valence-corrected chi connectivity index (χ3v) is 19.3. The second kappa shape index (κ2) is 12.3. The van der Waals surface area contributed by atoms with Crippen LogP contribution in [0.4, 0.5) is 0 Å². The summed E-state index contributed by atoms with van der Waals surface area (Å²) in [4.78, 5) is 28.2. The van der Waals surface area contributed by atoms with Crippen molar-refractivity contribution in [3.63, 3.8) is 0 Å². The average molecular weight is 687 g/mol. The summed E-state index contributed by atoms with van der Waals surface area (Å²) in [5, 5.41) is 3.29. The van der Waals surface area contributed by atoms with E-state index >= 15 is 0 Å². The standard InChI is InChI=1S/C36H40BrNO4Si2/c1-35(2,3)43(27-19-11-7-12-20-27,28-21-13-8-14-22-28)41-31-32(34(40)38(37)33(31)39)42-44(36(4,5)6,29-23-15-9-16-24-29)30-25-17-10-18-26-30/h7-26,31-32H,1-6H3/t31-,32-/m1/s1. The molecule has 0 aromatic heterocycles. The van der Waals surface area contributed by atoms with Crippen LogP contribution in [-0.4, -0.2) is 44.6 Å². The summed E-state index contributed by atoms with van der Waals surface area (Å²) < 4.78 is 15.7. The van der Waals surface area contributed by atoms with Crippen molar-refractivity contribution >= 4 is 65.3 Å². The summed E-state index contributed by atoms with van der Waals surface area (Å²) in [6.07, 6.45) is -2.32. The minimum Gasteiger partial charge on any atom is -0.393 e. The van der Waals surface area contributed by atoms with Gasteiger partial charge in [0.05, 0.1) is 16.1 Å². The minimum atomic E-state index is -3.22. The highest BCUT2D eigenvalue weighted by molar-refractivity contribution is 9.08. The van der Waals surface area contributed by atoms with Crippen molar-refractivity contribution in [3.05, 3.63) is 121 Å². The molecule has 1 heterocycles. The van der Waals surface area contributed by atoms with E-state index in [1.165, 1.54) is 0 Å². The van der Waals surface area contributed by atoms with Crippen LogP contribution in [0.15, 0.2) is 121 Å². The quantitative estimate of drug-likeness (QED) is 0.139. The molecule has 1 saturated heterocycles. The van der Waals surface area contributed by atoms with Crippen LogP contribution in [0.25, 0.3) is 0 Å². The number of carbonyl (C=O) groups is 2. The summed E-state index contributed by atoms with van der Waals surface area (Å²) in [5.74, 6) is -0.906. The number of hydrogen-bond donors (Lipinski definition) is 0. The molecule has 1 aliphatic rings. The second-order valence-electron chi connectivity index (χ2n) is 13.4. The monoisotopic (exact) mass is 685 g/mol. The normalized spacial score (nSPS) is 18.1. The fourth-order valence-electron chi connectivity index (χ4n) is 6.58. The van der Waals surface area contributed by atoms with Crippen molar-refractivity contribution in [2.24, 2.45) is 0 Å². The zero-order valence-corrected chi connectivity index (χ0v) is 29.7. The van der Waals surface area contributed by atoms with Gasteiger partial charge in [-0.05, 0) is 30.8 Å². The molecule has 0 N–H and O–H groups in total. The molecule has 44 heavy (non-hydrogen) atoms. The van der Waals surface area contributed by atoms with E-state index in [1.54, 1.807) is 0 Å². The number of imide groups is 1. The van der Waals surface area contributed by atoms with Gasteiger partial charge in [0.25, 0.3) is 28.4 Å². The third-order valence-electron chi connectivity index (χ3n) is 8.59. The molecule has 5 rings (SSSR count). The van der Waals surface area contributed by atoms with Crippen LogP contribution in [-0.2, 0) is 18.4 Å². The predicted molar refractivity (Wildman–Crippen MR) is 186 cm³/mol. The topological polar surface area (TPSA) is 55.8 Å². The van der Waals surface area contributed by atoms with Gasteiger partial charge >= 0.3 is 0 Å². The van der Waals surface area contributed by atoms with Gasteiger partial charge in [-0.1, -0.05) is 163 Å². The van der Waals surface area contributed by atoms with E-state index in [1.807, 2.05) is 72.8 Å². The van der Waals surface area contributed by atoms with Crippen LogP contribution < -0.4 is 20.7 Å². The first-order valence-corrected chi connectivity index (χ1v) is 19.5. The SMILES string of the molecule is CC(C)(C)[Si](O[C@H]1C(=O)N(Br)C(=O)[C@@H]1O[Si](c1ccccc1)(c1ccccc1)C(C)(C)C)(c1ccccc1)c1ccccc1. The van der Waals surface area contributed by atoms with E-state index in [9.17, 15) is 9.59 Å². The number of amides is 2. The van der Waals surface area contributed by atoms with Gasteiger partial charge in [-0.3, -0.25) is 9.59 Å². The number of benzene rings is 4. The Balaban J connectivity index is 1.73. The van der Waals surface area contributed by atoms with Crippen molar-refractivity contribution in [2.75, 3.05) is 0 Å². The first-order valence-electron chi connectivity index (χ1n) is 15.0. The van der Waals surface area contributed by atoms with E-state index in [0.29, 0.717) is 0 Å². The van der Waals surface area contributed by atoms with Gasteiger partial charge in [0.15, 0.2) is 12.2 Å². The molecule has 4 aromatic carbocycles. The van der Waals surface area contributed by atoms with E-state index in [2.05, 4.69) is 106 Å². The van der Waals surface area contributed by atoms with Crippen LogP contribution in [0.1, 0.15) is 41.5 Å². The highest BCUT2D eigenvalue weighted by Gasteiger charge is 2.61. The van der Waals surface area contributed by atoms with Gasteiger partial charge in [-0.25, -0.2) is 3.93 Å². The molecule has 0 aliphatic carbocycles. The van der Waals surface area contributed by atoms with Crippen molar-refractivity contribution < 1.29 is 18.4 Å². The molecule has 0 saturated carbocycles. The molecule has 0 spiro atoms. The highest BCUT2D eigenvalue weighted by Crippen LogP contribution is 2.42. The summed E-state index contributed by atoms with van der Waals surface area (Å²) in [5.41, 5.74) is 0. The molecule has 1 aliphatic heterocycles. The van der Waals surface area contributed by atoms with Crippen LogP contribution in [0.2, 0.25) is 10.1 Å². The van der Waals surface area contributed by atoms with Gasteiger partial charge in [0.2, 0.25) is 0 Å². The first-order chi connectivity index (χ1) is 20.8. The van der Waals surface area contributed by atoms with Crippen molar-refractivity contribution in [1.82, 2.24) is 3.93 Å². The molecule has 228 valence electrons. The van der Waals surface area contributed by atoms with Crippen molar-refractivity contribution in [1.29, 1.82) is 0 Å². The number of carbonyl (C=O) groups excluding carboxylic acids is 2. The lowest BCUT2D eigenvalue weighted by Crippen LogP contribution is -2.71. The smallest absolute Gasteiger partial charge is 0.270 e. The molecule has 0 bridgehead atoms. The van der Waals surface area contributed by atoms with Gasteiger partial charge in [0, 0.05) is 0 Å². The van der Waals surface area contributed by atoms with E-state index in [4.69, 9.17) is 8.85 Å². The average Bonchev–Trinajstić information content (AvgIpc) is 3.21. The zero-order valence-electron chi connectivity index (χ0n) is 26.2. The molecule has 4 aromatic rings. The lowest BCUT2D eigenvalue weighted by atomic mass is 10.2. The van der Waals surface area contributed by atoms with E-state index < -0.39 is 50.7 Å². The number of hydrogen-bond acceptors (Lipinski definition) is 4. The Hall–Kier alpha value is -3.15. The second-order valence-corrected chi connectivity index (χ2v) is 22.6. The minimum absolute atomic E-state index is 0.402. The Labute approximate surface area is 271 Å². The Morgan fingerprint density at radius 2 is 0.727 bits per heavy atom. The van der Waals surface area contributed by atoms with Gasteiger partial charge < -0.3 is 8.85 Å². The Kier molecular flexibility index (Phi) is 9.04. The maximum Gasteiger partial charge on any atom is 0.270 e. The maximum absolute atomic E-state index is 14.1. The molecular formula is C36H40BrNO4Si2. The molecule has 2 amide bonds. The van der Waals surface area contributed by atoms with Crippen LogP contribution in [0, 0.1) is 0 Å². The van der Waals surface area contributed by atoms with Crippen LogP contribution >= 0.6 is 16.1 Å². The van der Waals surface area contributed by atoms with E-state index in [-0.39, 0.29) is 0 Å². The molecule has 2 atom stereocenters. The molecule has 5 nitrogen and oxygen atoms in total. The molecular weight excluding hydrogens is 646 g/mol. The fraction of sp³-hybridized carbons (Fsp3) is 0.278. The zero-order chi connectivity index (χ0) is 31.8. The van der Waals surface area contributed by atoms with Gasteiger partial charge in [-0.15, -0.1) is 0 Å². The third kappa shape index (κ3) is 5.47. The lowest BCUT2D eigenvalue weighted by molar-refractivity contribution is -0.133. The predicted octanol–water partition coefficient (Wildman–Crippen LogP) is 5.56. The largest absolute Gasteiger partial charge is 0.393 e. The van der Waals surface area contributed by atoms with Crippen LogP contribution in [0.3, 0.4) is 0 Å².